The standard InChI is InChI=1S/C18H26N2O5/c1-12(2)11-15(18(23)19-10-9-16(21)25-4)20-17(22)13-5-7-14(24-3)8-6-13/h5-8,12,15H,9-11H2,1-4H3,(H,19,23)(H,20,22)/t15-/m1/s1. The first-order valence-corrected chi connectivity index (χ1v) is 8.16. The van der Waals surface area contributed by atoms with Gasteiger partial charge in [0.15, 0.2) is 0 Å². The maximum absolute atomic E-state index is 12.4. The van der Waals surface area contributed by atoms with Crippen molar-refractivity contribution < 1.29 is 23.9 Å². The van der Waals surface area contributed by atoms with Crippen LogP contribution in [0.5, 0.6) is 5.75 Å². The van der Waals surface area contributed by atoms with Crippen molar-refractivity contribution in [3.8, 4) is 5.75 Å². The van der Waals surface area contributed by atoms with Gasteiger partial charge in [-0.1, -0.05) is 13.8 Å². The Morgan fingerprint density at radius 2 is 1.72 bits per heavy atom. The van der Waals surface area contributed by atoms with Crippen LogP contribution in [0.3, 0.4) is 0 Å². The number of benzene rings is 1. The molecule has 25 heavy (non-hydrogen) atoms. The molecule has 2 N–H and O–H groups in total. The summed E-state index contributed by atoms with van der Waals surface area (Å²) < 4.78 is 9.59. The Bertz CT molecular complexity index is 584. The van der Waals surface area contributed by atoms with Gasteiger partial charge in [0.05, 0.1) is 20.6 Å². The Morgan fingerprint density at radius 3 is 2.24 bits per heavy atom. The fourth-order valence-corrected chi connectivity index (χ4v) is 2.20. The predicted molar refractivity (Wildman–Crippen MR) is 93.3 cm³/mol. The van der Waals surface area contributed by atoms with Crippen molar-refractivity contribution in [2.45, 2.75) is 32.7 Å². The SMILES string of the molecule is COC(=O)CCNC(=O)[C@@H](CC(C)C)NC(=O)c1ccc(OC)cc1. The number of hydrogen-bond acceptors (Lipinski definition) is 5. The van der Waals surface area contributed by atoms with Crippen LogP contribution < -0.4 is 15.4 Å². The van der Waals surface area contributed by atoms with E-state index in [1.54, 1.807) is 31.4 Å². The van der Waals surface area contributed by atoms with E-state index in [9.17, 15) is 14.4 Å². The molecule has 1 rings (SSSR count). The number of methoxy groups -OCH3 is 2. The molecule has 2 amide bonds. The normalized spacial score (nSPS) is 11.6. The van der Waals surface area contributed by atoms with Crippen molar-refractivity contribution in [2.24, 2.45) is 5.92 Å². The number of esters is 1. The lowest BCUT2D eigenvalue weighted by molar-refractivity contribution is -0.140. The van der Waals surface area contributed by atoms with Gasteiger partial charge in [0.25, 0.3) is 5.91 Å². The molecule has 1 aromatic carbocycles. The lowest BCUT2D eigenvalue weighted by Crippen LogP contribution is -2.47. The predicted octanol–water partition coefficient (Wildman–Crippen LogP) is 1.52. The monoisotopic (exact) mass is 350 g/mol. The summed E-state index contributed by atoms with van der Waals surface area (Å²) in [6.45, 7) is 4.10. The molecule has 0 spiro atoms. The van der Waals surface area contributed by atoms with Crippen LogP contribution >= 0.6 is 0 Å². The number of hydrogen-bond donors (Lipinski definition) is 2. The molecule has 0 heterocycles. The smallest absolute Gasteiger partial charge is 0.307 e. The van der Waals surface area contributed by atoms with E-state index in [4.69, 9.17) is 4.74 Å². The van der Waals surface area contributed by atoms with E-state index in [1.165, 1.54) is 7.11 Å². The highest BCUT2D eigenvalue weighted by Crippen LogP contribution is 2.12. The molecule has 0 saturated heterocycles. The van der Waals surface area contributed by atoms with Crippen molar-refractivity contribution in [3.63, 3.8) is 0 Å². The van der Waals surface area contributed by atoms with Gasteiger partial charge in [0.2, 0.25) is 5.91 Å². The first-order chi connectivity index (χ1) is 11.9. The highest BCUT2D eigenvalue weighted by atomic mass is 16.5. The molecular weight excluding hydrogens is 324 g/mol. The summed E-state index contributed by atoms with van der Waals surface area (Å²) in [4.78, 5) is 35.8. The average Bonchev–Trinajstić information content (AvgIpc) is 2.60. The minimum Gasteiger partial charge on any atom is -0.497 e. The van der Waals surface area contributed by atoms with E-state index in [2.05, 4.69) is 15.4 Å². The Balaban J connectivity index is 2.68. The molecule has 0 radical (unpaired) electrons. The van der Waals surface area contributed by atoms with Gasteiger partial charge in [-0.2, -0.15) is 0 Å². The fourth-order valence-electron chi connectivity index (χ4n) is 2.20. The zero-order chi connectivity index (χ0) is 18.8. The third kappa shape index (κ3) is 7.24. The zero-order valence-electron chi connectivity index (χ0n) is 15.1. The summed E-state index contributed by atoms with van der Waals surface area (Å²) >= 11 is 0. The van der Waals surface area contributed by atoms with E-state index in [1.807, 2.05) is 13.8 Å². The number of carbonyl (C=O) groups is 3. The maximum Gasteiger partial charge on any atom is 0.307 e. The molecule has 0 aromatic heterocycles. The molecule has 7 nitrogen and oxygen atoms in total. The van der Waals surface area contributed by atoms with Gasteiger partial charge in [0, 0.05) is 12.1 Å². The summed E-state index contributed by atoms with van der Waals surface area (Å²) in [6.07, 6.45) is 0.578. The third-order valence-electron chi connectivity index (χ3n) is 3.54. The van der Waals surface area contributed by atoms with Gasteiger partial charge in [-0.05, 0) is 36.6 Å². The molecule has 0 aliphatic rings. The summed E-state index contributed by atoms with van der Waals surface area (Å²) in [5.41, 5.74) is 0.442. The highest BCUT2D eigenvalue weighted by Gasteiger charge is 2.22. The first-order valence-electron chi connectivity index (χ1n) is 8.16. The number of rotatable bonds is 9. The van der Waals surface area contributed by atoms with Gasteiger partial charge >= 0.3 is 5.97 Å². The van der Waals surface area contributed by atoms with Crippen LogP contribution in [-0.4, -0.2) is 44.6 Å². The van der Waals surface area contributed by atoms with Gasteiger partial charge in [-0.15, -0.1) is 0 Å². The maximum atomic E-state index is 12.4. The third-order valence-corrected chi connectivity index (χ3v) is 3.54. The largest absolute Gasteiger partial charge is 0.497 e. The molecule has 0 aliphatic heterocycles. The summed E-state index contributed by atoms with van der Waals surface area (Å²) in [5, 5.41) is 5.40. The zero-order valence-corrected chi connectivity index (χ0v) is 15.1. The summed E-state index contributed by atoms with van der Waals surface area (Å²) in [5.74, 6) is -0.192. The number of amides is 2. The molecule has 0 saturated carbocycles. The molecular formula is C18H26N2O5. The van der Waals surface area contributed by atoms with Crippen LogP contribution in [-0.2, 0) is 14.3 Å². The molecule has 1 aromatic rings. The second kappa shape index (κ2) is 10.3. The number of carbonyl (C=O) groups excluding carboxylic acids is 3. The summed E-state index contributed by atoms with van der Waals surface area (Å²) in [7, 11) is 2.84. The van der Waals surface area contributed by atoms with Crippen LogP contribution in [0.4, 0.5) is 0 Å². The van der Waals surface area contributed by atoms with Crippen molar-refractivity contribution >= 4 is 17.8 Å². The number of ether oxygens (including phenoxy) is 2. The quantitative estimate of drug-likeness (QED) is 0.659. The van der Waals surface area contributed by atoms with Gasteiger partial charge in [-0.25, -0.2) is 0 Å². The molecule has 1 atom stereocenters. The first kappa shape index (κ1) is 20.5. The molecule has 138 valence electrons. The average molecular weight is 350 g/mol. The lowest BCUT2D eigenvalue weighted by Gasteiger charge is -2.20. The Labute approximate surface area is 148 Å². The van der Waals surface area contributed by atoms with Gasteiger partial charge in [0.1, 0.15) is 11.8 Å². The Morgan fingerprint density at radius 1 is 1.08 bits per heavy atom. The van der Waals surface area contributed by atoms with Crippen molar-refractivity contribution in [2.75, 3.05) is 20.8 Å². The van der Waals surface area contributed by atoms with Crippen LogP contribution in [0.1, 0.15) is 37.0 Å². The van der Waals surface area contributed by atoms with E-state index < -0.39 is 12.0 Å². The highest BCUT2D eigenvalue weighted by molar-refractivity contribution is 5.97. The van der Waals surface area contributed by atoms with Crippen molar-refractivity contribution in [1.82, 2.24) is 10.6 Å². The van der Waals surface area contributed by atoms with Gasteiger partial charge < -0.3 is 20.1 Å². The summed E-state index contributed by atoms with van der Waals surface area (Å²) in [6, 6.07) is 5.96. The minimum absolute atomic E-state index is 0.0864. The molecule has 0 fully saturated rings. The molecule has 0 unspecified atom stereocenters. The second-order valence-electron chi connectivity index (χ2n) is 6.00. The van der Waals surface area contributed by atoms with Crippen LogP contribution in [0.15, 0.2) is 24.3 Å². The molecule has 7 heteroatoms. The Kier molecular flexibility index (Phi) is 8.46. The number of nitrogens with one attached hydrogen (secondary N) is 2. The van der Waals surface area contributed by atoms with Crippen LogP contribution in [0.25, 0.3) is 0 Å². The van der Waals surface area contributed by atoms with Crippen LogP contribution in [0, 0.1) is 5.92 Å². The van der Waals surface area contributed by atoms with E-state index >= 15 is 0 Å². The molecule has 0 bridgehead atoms. The fraction of sp³-hybridized carbons (Fsp3) is 0.500. The topological polar surface area (TPSA) is 93.7 Å². The van der Waals surface area contributed by atoms with E-state index in [-0.39, 0.29) is 30.7 Å². The lowest BCUT2D eigenvalue weighted by atomic mass is 10.0. The van der Waals surface area contributed by atoms with E-state index in [0.29, 0.717) is 17.7 Å². The van der Waals surface area contributed by atoms with Gasteiger partial charge in [-0.3, -0.25) is 14.4 Å². The second-order valence-corrected chi connectivity index (χ2v) is 6.00. The van der Waals surface area contributed by atoms with Crippen molar-refractivity contribution in [3.05, 3.63) is 29.8 Å². The Hall–Kier alpha value is -2.57. The van der Waals surface area contributed by atoms with Crippen molar-refractivity contribution in [1.29, 1.82) is 0 Å². The van der Waals surface area contributed by atoms with Crippen LogP contribution in [0.2, 0.25) is 0 Å². The van der Waals surface area contributed by atoms with E-state index in [0.717, 1.165) is 0 Å². The minimum atomic E-state index is -0.674. The molecule has 0 aliphatic carbocycles.